The summed E-state index contributed by atoms with van der Waals surface area (Å²) in [4.78, 5) is 11.9. The van der Waals surface area contributed by atoms with Gasteiger partial charge in [0, 0.05) is 18.2 Å². The number of nitrogens with two attached hydrogens (primary N) is 1. The number of carbonyl (C=O) groups is 1. The smallest absolute Gasteiger partial charge is 0.237 e. The zero-order valence-corrected chi connectivity index (χ0v) is 15.9. The summed E-state index contributed by atoms with van der Waals surface area (Å²) in [6, 6.07) is 4.64. The van der Waals surface area contributed by atoms with Crippen molar-refractivity contribution in [3.63, 3.8) is 0 Å². The minimum absolute atomic E-state index is 0.219. The summed E-state index contributed by atoms with van der Waals surface area (Å²) >= 11 is 6.25. The minimum atomic E-state index is -0.607. The van der Waals surface area contributed by atoms with Gasteiger partial charge in [-0.3, -0.25) is 4.79 Å². The van der Waals surface area contributed by atoms with E-state index in [9.17, 15) is 9.18 Å². The molecule has 3 rings (SSSR count). The Balaban J connectivity index is 1.47. The van der Waals surface area contributed by atoms with E-state index in [1.165, 1.54) is 6.07 Å². The molecule has 2 fully saturated rings. The predicted molar refractivity (Wildman–Crippen MR) is 101 cm³/mol. The van der Waals surface area contributed by atoms with E-state index >= 15 is 0 Å². The molecule has 1 aromatic carbocycles. The molecule has 26 heavy (non-hydrogen) atoms. The summed E-state index contributed by atoms with van der Waals surface area (Å²) in [6.07, 6.45) is 6.59. The van der Waals surface area contributed by atoms with Crippen LogP contribution in [0.25, 0.3) is 0 Å². The molecule has 0 bridgehead atoms. The zero-order chi connectivity index (χ0) is 18.6. The monoisotopic (exact) mass is 382 g/mol. The van der Waals surface area contributed by atoms with Crippen LogP contribution >= 0.6 is 11.6 Å². The summed E-state index contributed by atoms with van der Waals surface area (Å²) in [7, 11) is 0. The number of ether oxygens (including phenoxy) is 1. The molecule has 0 unspecified atom stereocenters. The Hall–Kier alpha value is -1.17. The largest absolute Gasteiger partial charge is 0.381 e. The van der Waals surface area contributed by atoms with Crippen LogP contribution < -0.4 is 11.1 Å². The average Bonchev–Trinajstić information content (AvgIpc) is 2.65. The number of rotatable bonds is 6. The van der Waals surface area contributed by atoms with Crippen molar-refractivity contribution in [3.05, 3.63) is 34.6 Å². The van der Waals surface area contributed by atoms with E-state index in [-0.39, 0.29) is 11.7 Å². The van der Waals surface area contributed by atoms with Gasteiger partial charge in [0.15, 0.2) is 0 Å². The highest BCUT2D eigenvalue weighted by Crippen LogP contribution is 2.39. The molecule has 1 aromatic rings. The van der Waals surface area contributed by atoms with Gasteiger partial charge in [-0.25, -0.2) is 4.39 Å². The first-order chi connectivity index (χ1) is 12.5. The van der Waals surface area contributed by atoms with Crippen LogP contribution in [0.1, 0.15) is 56.4 Å². The molecule has 0 atom stereocenters. The standard InChI is InChI=1S/C20H28ClFN2O2/c21-18-6-5-16(22)13-17(18)15-3-1-14(2-4-15)7-10-24-20(19(23)25)8-11-26-12-9-20/h5-6,13-15,24H,1-4,7-12H2,(H2,23,25). The molecule has 1 aliphatic heterocycles. The molecule has 1 saturated heterocycles. The van der Waals surface area contributed by atoms with E-state index in [1.54, 1.807) is 12.1 Å². The molecular formula is C20H28ClFN2O2. The fourth-order valence-corrected chi connectivity index (χ4v) is 4.61. The van der Waals surface area contributed by atoms with Crippen LogP contribution in [-0.4, -0.2) is 31.2 Å². The Morgan fingerprint density at radius 1 is 1.27 bits per heavy atom. The Kier molecular flexibility index (Phi) is 6.54. The zero-order valence-electron chi connectivity index (χ0n) is 15.1. The fourth-order valence-electron chi connectivity index (χ4n) is 4.34. The quantitative estimate of drug-likeness (QED) is 0.787. The minimum Gasteiger partial charge on any atom is -0.381 e. The second-order valence-electron chi connectivity index (χ2n) is 7.66. The first-order valence-corrected chi connectivity index (χ1v) is 9.95. The molecule has 0 aromatic heterocycles. The summed E-state index contributed by atoms with van der Waals surface area (Å²) < 4.78 is 18.9. The van der Waals surface area contributed by atoms with Crippen molar-refractivity contribution in [2.45, 2.75) is 56.4 Å². The van der Waals surface area contributed by atoms with Crippen molar-refractivity contribution >= 4 is 17.5 Å². The Morgan fingerprint density at radius 2 is 1.96 bits per heavy atom. The van der Waals surface area contributed by atoms with Crippen molar-refractivity contribution in [3.8, 4) is 0 Å². The molecule has 3 N–H and O–H groups in total. The van der Waals surface area contributed by atoms with Gasteiger partial charge in [0.25, 0.3) is 0 Å². The number of nitrogens with one attached hydrogen (secondary N) is 1. The summed E-state index contributed by atoms with van der Waals surface area (Å²) in [5.74, 6) is 0.472. The maximum atomic E-state index is 13.5. The highest BCUT2D eigenvalue weighted by atomic mass is 35.5. The summed E-state index contributed by atoms with van der Waals surface area (Å²) in [5, 5.41) is 4.08. The van der Waals surface area contributed by atoms with E-state index in [0.717, 1.165) is 44.2 Å². The molecule has 4 nitrogen and oxygen atoms in total. The van der Waals surface area contributed by atoms with Gasteiger partial charge in [-0.15, -0.1) is 0 Å². The normalized spacial score (nSPS) is 25.8. The van der Waals surface area contributed by atoms with Gasteiger partial charge in [0.05, 0.1) is 0 Å². The van der Waals surface area contributed by atoms with Crippen molar-refractivity contribution < 1.29 is 13.9 Å². The van der Waals surface area contributed by atoms with Gasteiger partial charge in [0.2, 0.25) is 5.91 Å². The van der Waals surface area contributed by atoms with E-state index in [1.807, 2.05) is 0 Å². The second kappa shape index (κ2) is 8.68. The maximum Gasteiger partial charge on any atom is 0.237 e. The molecule has 0 radical (unpaired) electrons. The van der Waals surface area contributed by atoms with E-state index in [2.05, 4.69) is 5.32 Å². The topological polar surface area (TPSA) is 64.4 Å². The molecule has 0 spiro atoms. The molecular weight excluding hydrogens is 355 g/mol. The molecule has 1 saturated carbocycles. The lowest BCUT2D eigenvalue weighted by Gasteiger charge is -2.36. The van der Waals surface area contributed by atoms with Crippen LogP contribution in [0.4, 0.5) is 4.39 Å². The first-order valence-electron chi connectivity index (χ1n) is 9.58. The molecule has 6 heteroatoms. The molecule has 144 valence electrons. The fraction of sp³-hybridized carbons (Fsp3) is 0.650. The number of hydrogen-bond acceptors (Lipinski definition) is 3. The lowest BCUT2D eigenvalue weighted by molar-refractivity contribution is -0.128. The third kappa shape index (κ3) is 4.56. The number of amides is 1. The number of benzene rings is 1. The molecule has 1 heterocycles. The lowest BCUT2D eigenvalue weighted by Crippen LogP contribution is -2.58. The van der Waals surface area contributed by atoms with Crippen LogP contribution in [-0.2, 0) is 9.53 Å². The van der Waals surface area contributed by atoms with E-state index in [0.29, 0.717) is 42.9 Å². The number of halogens is 2. The summed E-state index contributed by atoms with van der Waals surface area (Å²) in [6.45, 7) is 1.95. The van der Waals surface area contributed by atoms with Crippen LogP contribution in [0.2, 0.25) is 5.02 Å². The SMILES string of the molecule is NC(=O)C1(NCCC2CCC(c3cc(F)ccc3Cl)CC2)CCOCC1. The van der Waals surface area contributed by atoms with Crippen molar-refractivity contribution in [1.29, 1.82) is 0 Å². The molecule has 1 aliphatic carbocycles. The van der Waals surface area contributed by atoms with Crippen LogP contribution in [0.5, 0.6) is 0 Å². The Labute approximate surface area is 159 Å². The van der Waals surface area contributed by atoms with Crippen molar-refractivity contribution in [1.82, 2.24) is 5.32 Å². The predicted octanol–water partition coefficient (Wildman–Crippen LogP) is 3.77. The third-order valence-corrected chi connectivity index (χ3v) is 6.42. The van der Waals surface area contributed by atoms with Crippen molar-refractivity contribution in [2.75, 3.05) is 19.8 Å². The van der Waals surface area contributed by atoms with E-state index < -0.39 is 5.54 Å². The second-order valence-corrected chi connectivity index (χ2v) is 8.06. The van der Waals surface area contributed by atoms with Gasteiger partial charge in [-0.05, 0) is 87.1 Å². The lowest BCUT2D eigenvalue weighted by atomic mass is 9.77. The van der Waals surface area contributed by atoms with Gasteiger partial charge < -0.3 is 15.8 Å². The number of carbonyl (C=O) groups excluding carboxylic acids is 1. The van der Waals surface area contributed by atoms with Gasteiger partial charge in [-0.2, -0.15) is 0 Å². The van der Waals surface area contributed by atoms with Gasteiger partial charge in [-0.1, -0.05) is 11.6 Å². The van der Waals surface area contributed by atoms with Crippen molar-refractivity contribution in [2.24, 2.45) is 11.7 Å². The molecule has 1 amide bonds. The Bertz CT molecular complexity index is 626. The van der Waals surface area contributed by atoms with Gasteiger partial charge in [0.1, 0.15) is 11.4 Å². The highest BCUT2D eigenvalue weighted by molar-refractivity contribution is 6.31. The highest BCUT2D eigenvalue weighted by Gasteiger charge is 2.38. The van der Waals surface area contributed by atoms with Gasteiger partial charge >= 0.3 is 0 Å². The average molecular weight is 383 g/mol. The maximum absolute atomic E-state index is 13.5. The summed E-state index contributed by atoms with van der Waals surface area (Å²) in [5.41, 5.74) is 5.97. The third-order valence-electron chi connectivity index (χ3n) is 6.08. The Morgan fingerprint density at radius 3 is 2.62 bits per heavy atom. The first kappa shape index (κ1) is 19.6. The van der Waals surface area contributed by atoms with E-state index in [4.69, 9.17) is 22.1 Å². The molecule has 2 aliphatic rings. The number of primary amides is 1. The van der Waals surface area contributed by atoms with Crippen LogP contribution in [0, 0.1) is 11.7 Å². The van der Waals surface area contributed by atoms with Crippen LogP contribution in [0.15, 0.2) is 18.2 Å². The van der Waals surface area contributed by atoms with Crippen LogP contribution in [0.3, 0.4) is 0 Å². The number of hydrogen-bond donors (Lipinski definition) is 2.